The van der Waals surface area contributed by atoms with Crippen molar-refractivity contribution < 1.29 is 22.7 Å². The summed E-state index contributed by atoms with van der Waals surface area (Å²) >= 11 is 0. The molecule has 1 N–H and O–H groups in total. The van der Waals surface area contributed by atoms with Crippen molar-refractivity contribution >= 4 is 21.4 Å². The normalized spacial score (nSPS) is 13.7. The lowest BCUT2D eigenvalue weighted by Crippen LogP contribution is -2.36. The molecule has 3 heterocycles. The smallest absolute Gasteiger partial charge is 0.251 e. The molecule has 0 saturated carbocycles. The molecule has 5 rings (SSSR count). The predicted molar refractivity (Wildman–Crippen MR) is 157 cm³/mol. The maximum Gasteiger partial charge on any atom is 0.251 e. The van der Waals surface area contributed by atoms with Gasteiger partial charge in [-0.1, -0.05) is 24.3 Å². The minimum Gasteiger partial charge on any atom is -0.378 e. The topological polar surface area (TPSA) is 111 Å². The van der Waals surface area contributed by atoms with Crippen LogP contribution < -0.4 is 10.2 Å². The number of nitrogens with one attached hydrogen (secondary N) is 1. The molecular formula is C31H32N4O5S. The number of sulfone groups is 1. The number of methoxy groups -OCH3 is 1. The Balaban J connectivity index is 1.31. The van der Waals surface area contributed by atoms with E-state index in [-0.39, 0.29) is 22.9 Å². The van der Waals surface area contributed by atoms with E-state index >= 15 is 0 Å². The maximum absolute atomic E-state index is 12.9. The molecule has 1 saturated heterocycles. The second-order valence-electron chi connectivity index (χ2n) is 9.80. The summed E-state index contributed by atoms with van der Waals surface area (Å²) in [6.45, 7) is 5.03. The van der Waals surface area contributed by atoms with Gasteiger partial charge in [0.1, 0.15) is 0 Å². The number of carbonyl (C=O) groups excluding carboxylic acids is 1. The average molecular weight is 573 g/mol. The third-order valence-electron chi connectivity index (χ3n) is 6.92. The molecule has 0 unspecified atom stereocenters. The number of morpholine rings is 1. The van der Waals surface area contributed by atoms with Gasteiger partial charge in [-0.05, 0) is 66.1 Å². The highest BCUT2D eigenvalue weighted by atomic mass is 32.2. The molecule has 1 aliphatic heterocycles. The van der Waals surface area contributed by atoms with Crippen molar-refractivity contribution in [2.75, 3.05) is 44.3 Å². The quantitative estimate of drug-likeness (QED) is 0.317. The van der Waals surface area contributed by atoms with Crippen molar-refractivity contribution in [1.29, 1.82) is 0 Å². The minimum atomic E-state index is -3.66. The minimum absolute atomic E-state index is 0.0805. The number of anilines is 1. The van der Waals surface area contributed by atoms with Gasteiger partial charge in [0, 0.05) is 49.4 Å². The molecule has 4 aromatic rings. The highest BCUT2D eigenvalue weighted by Crippen LogP contribution is 2.28. The number of hydrogen-bond donors (Lipinski definition) is 1. The largest absolute Gasteiger partial charge is 0.378 e. The van der Waals surface area contributed by atoms with Crippen LogP contribution in [0.5, 0.6) is 0 Å². The van der Waals surface area contributed by atoms with Gasteiger partial charge in [-0.2, -0.15) is 0 Å². The van der Waals surface area contributed by atoms with Crippen LogP contribution in [0, 0.1) is 6.92 Å². The molecule has 0 aliphatic carbocycles. The van der Waals surface area contributed by atoms with Gasteiger partial charge >= 0.3 is 0 Å². The second kappa shape index (κ2) is 12.6. The molecule has 1 aliphatic rings. The lowest BCUT2D eigenvalue weighted by molar-refractivity contribution is 0.0950. The lowest BCUT2D eigenvalue weighted by atomic mass is 10.0. The van der Waals surface area contributed by atoms with Crippen molar-refractivity contribution in [3.05, 3.63) is 95.9 Å². The van der Waals surface area contributed by atoms with Gasteiger partial charge in [-0.25, -0.2) is 8.42 Å². The molecule has 0 atom stereocenters. The van der Waals surface area contributed by atoms with E-state index in [1.54, 1.807) is 25.3 Å². The number of nitrogens with zero attached hydrogens (tertiary/aromatic N) is 3. The van der Waals surface area contributed by atoms with Gasteiger partial charge in [0.05, 0.1) is 36.0 Å². The highest BCUT2D eigenvalue weighted by molar-refractivity contribution is 7.91. The van der Waals surface area contributed by atoms with Crippen LogP contribution in [0.4, 0.5) is 5.69 Å². The Bertz CT molecular complexity index is 1650. The first kappa shape index (κ1) is 28.4. The first-order chi connectivity index (χ1) is 19.8. The van der Waals surface area contributed by atoms with Gasteiger partial charge in [-0.15, -0.1) is 0 Å². The van der Waals surface area contributed by atoms with E-state index in [0.29, 0.717) is 11.3 Å². The molecule has 0 radical (unpaired) electrons. The summed E-state index contributed by atoms with van der Waals surface area (Å²) in [5, 5.41) is 2.85. The van der Waals surface area contributed by atoms with Crippen LogP contribution >= 0.6 is 0 Å². The van der Waals surface area contributed by atoms with Crippen LogP contribution in [0.1, 0.15) is 21.6 Å². The summed E-state index contributed by atoms with van der Waals surface area (Å²) in [7, 11) is -2.34. The van der Waals surface area contributed by atoms with Crippen LogP contribution in [-0.4, -0.2) is 63.6 Å². The molecule has 1 amide bonds. The Morgan fingerprint density at radius 1 is 0.951 bits per heavy atom. The maximum atomic E-state index is 12.9. The predicted octanol–water partition coefficient (Wildman–Crippen LogP) is 4.26. The fraction of sp³-hybridized carbons (Fsp3) is 0.258. The van der Waals surface area contributed by atoms with E-state index in [2.05, 4.69) is 32.3 Å². The van der Waals surface area contributed by atoms with Crippen LogP contribution in [0.25, 0.3) is 22.4 Å². The van der Waals surface area contributed by atoms with E-state index in [4.69, 9.17) is 9.47 Å². The number of carbonyl (C=O) groups is 1. The fourth-order valence-corrected chi connectivity index (χ4v) is 6.08. The van der Waals surface area contributed by atoms with Gasteiger partial charge in [0.15, 0.2) is 5.94 Å². The monoisotopic (exact) mass is 572 g/mol. The summed E-state index contributed by atoms with van der Waals surface area (Å²) in [6.07, 6.45) is 3.55. The Hall–Kier alpha value is -4.12. The van der Waals surface area contributed by atoms with Crippen molar-refractivity contribution in [1.82, 2.24) is 15.3 Å². The Morgan fingerprint density at radius 3 is 2.51 bits per heavy atom. The standard InChI is InChI=1S/C31H32N4O5S/c1-22-6-7-26(18-30(22)41(37,38)21-39-2)31(36)34-20-27-17-24(8-10-32-27)23-4-3-5-25(16-23)29-19-28(9-11-33-29)35-12-14-40-15-13-35/h3-11,16-19H,12-15,20-21H2,1-2H3,(H,34,36). The van der Waals surface area contributed by atoms with Crippen molar-refractivity contribution in [3.63, 3.8) is 0 Å². The van der Waals surface area contributed by atoms with Crippen LogP contribution in [0.15, 0.2) is 84.0 Å². The highest BCUT2D eigenvalue weighted by Gasteiger charge is 2.19. The number of aromatic nitrogens is 2. The zero-order chi connectivity index (χ0) is 28.8. The molecule has 0 bridgehead atoms. The van der Waals surface area contributed by atoms with E-state index < -0.39 is 15.8 Å². The summed E-state index contributed by atoms with van der Waals surface area (Å²) in [5.41, 5.74) is 6.46. The molecular weight excluding hydrogens is 540 g/mol. The molecule has 2 aromatic carbocycles. The molecule has 10 heteroatoms. The second-order valence-corrected chi connectivity index (χ2v) is 11.7. The van der Waals surface area contributed by atoms with Crippen molar-refractivity contribution in [2.45, 2.75) is 18.4 Å². The Kier molecular flexibility index (Phi) is 8.72. The van der Waals surface area contributed by atoms with Gasteiger partial charge < -0.3 is 19.7 Å². The number of hydrogen-bond acceptors (Lipinski definition) is 8. The summed E-state index contributed by atoms with van der Waals surface area (Å²) in [4.78, 5) is 24.3. The molecule has 9 nitrogen and oxygen atoms in total. The van der Waals surface area contributed by atoms with Gasteiger partial charge in [0.25, 0.3) is 5.91 Å². The number of rotatable bonds is 9. The van der Waals surface area contributed by atoms with Crippen LogP contribution in [0.3, 0.4) is 0 Å². The third kappa shape index (κ3) is 6.79. The van der Waals surface area contributed by atoms with Gasteiger partial charge in [-0.3, -0.25) is 14.8 Å². The molecule has 41 heavy (non-hydrogen) atoms. The van der Waals surface area contributed by atoms with Crippen LogP contribution in [0.2, 0.25) is 0 Å². The zero-order valence-corrected chi connectivity index (χ0v) is 23.9. The average Bonchev–Trinajstić information content (AvgIpc) is 3.01. The molecule has 1 fully saturated rings. The lowest BCUT2D eigenvalue weighted by Gasteiger charge is -2.29. The van der Waals surface area contributed by atoms with Gasteiger partial charge in [0.2, 0.25) is 9.84 Å². The van der Waals surface area contributed by atoms with Crippen molar-refractivity contribution in [3.8, 4) is 22.4 Å². The Labute approximate surface area is 240 Å². The van der Waals surface area contributed by atoms with E-state index in [0.717, 1.165) is 54.4 Å². The zero-order valence-electron chi connectivity index (χ0n) is 23.0. The SMILES string of the molecule is COCS(=O)(=O)c1cc(C(=O)NCc2cc(-c3cccc(-c4cc(N5CCOCC5)ccn4)c3)ccn2)ccc1C. The Morgan fingerprint density at radius 2 is 1.71 bits per heavy atom. The third-order valence-corrected chi connectivity index (χ3v) is 8.57. The van der Waals surface area contributed by atoms with E-state index in [1.165, 1.54) is 13.2 Å². The number of benzene rings is 2. The number of ether oxygens (including phenoxy) is 2. The fourth-order valence-electron chi connectivity index (χ4n) is 4.78. The molecule has 0 spiro atoms. The summed E-state index contributed by atoms with van der Waals surface area (Å²) < 4.78 is 35.3. The first-order valence-electron chi connectivity index (χ1n) is 13.3. The number of amides is 1. The van der Waals surface area contributed by atoms with E-state index in [9.17, 15) is 13.2 Å². The van der Waals surface area contributed by atoms with Crippen LogP contribution in [-0.2, 0) is 25.9 Å². The molecule has 2 aromatic heterocycles. The summed E-state index contributed by atoms with van der Waals surface area (Å²) in [5.74, 6) is -0.842. The summed E-state index contributed by atoms with van der Waals surface area (Å²) in [6, 6.07) is 20.8. The number of aryl methyl sites for hydroxylation is 1. The van der Waals surface area contributed by atoms with Crippen molar-refractivity contribution in [2.24, 2.45) is 0 Å². The first-order valence-corrected chi connectivity index (χ1v) is 14.9. The number of pyridine rings is 2. The van der Waals surface area contributed by atoms with E-state index in [1.807, 2.05) is 42.6 Å². The molecule has 212 valence electrons.